The lowest BCUT2D eigenvalue weighted by Gasteiger charge is -2.33. The molecule has 0 aromatic heterocycles. The Balaban J connectivity index is 2.15. The second-order valence-electron chi connectivity index (χ2n) is 5.49. The number of hydrogen-bond acceptors (Lipinski definition) is 3. The highest BCUT2D eigenvalue weighted by Crippen LogP contribution is 2.41. The van der Waals surface area contributed by atoms with E-state index in [4.69, 9.17) is 9.84 Å². The zero-order valence-electron chi connectivity index (χ0n) is 12.0. The molecule has 0 saturated heterocycles. The van der Waals surface area contributed by atoms with Gasteiger partial charge in [-0.2, -0.15) is 0 Å². The Bertz CT molecular complexity index is 709. The molecule has 1 aromatic carbocycles. The van der Waals surface area contributed by atoms with E-state index in [1.807, 2.05) is 24.3 Å². The van der Waals surface area contributed by atoms with Crippen LogP contribution in [0.1, 0.15) is 25.8 Å². The molecule has 0 amide bonds. The number of rotatable bonds is 2. The lowest BCUT2D eigenvalue weighted by molar-refractivity contribution is -0.136. The van der Waals surface area contributed by atoms with Gasteiger partial charge in [-0.05, 0) is 43.0 Å². The summed E-state index contributed by atoms with van der Waals surface area (Å²) in [4.78, 5) is 23.6. The van der Waals surface area contributed by atoms with Crippen molar-refractivity contribution in [3.63, 3.8) is 0 Å². The molecule has 0 bridgehead atoms. The van der Waals surface area contributed by atoms with Crippen molar-refractivity contribution in [2.45, 2.75) is 26.7 Å². The van der Waals surface area contributed by atoms with Gasteiger partial charge < -0.3 is 9.84 Å². The van der Waals surface area contributed by atoms with Gasteiger partial charge in [0.15, 0.2) is 5.78 Å². The van der Waals surface area contributed by atoms with Gasteiger partial charge in [0.25, 0.3) is 0 Å². The number of carboxylic acids is 1. The minimum atomic E-state index is -0.916. The van der Waals surface area contributed by atoms with E-state index >= 15 is 0 Å². The predicted octanol–water partition coefficient (Wildman–Crippen LogP) is 2.89. The topological polar surface area (TPSA) is 63.6 Å². The average molecular weight is 284 g/mol. The molecule has 1 aliphatic carbocycles. The van der Waals surface area contributed by atoms with Crippen LogP contribution in [0.3, 0.4) is 0 Å². The summed E-state index contributed by atoms with van der Waals surface area (Å²) < 4.78 is 5.90. The van der Waals surface area contributed by atoms with Crippen molar-refractivity contribution in [2.24, 2.45) is 5.92 Å². The number of hydrogen-bond donors (Lipinski definition) is 1. The molecule has 4 nitrogen and oxygen atoms in total. The van der Waals surface area contributed by atoms with Crippen LogP contribution in [0, 0.1) is 5.92 Å². The number of Topliss-reactive ketones (excluding diaryl/α,β-unsaturated/α-hetero) is 1. The number of ether oxygens (including phenoxy) is 1. The fourth-order valence-corrected chi connectivity index (χ4v) is 2.99. The number of benzene rings is 1. The van der Waals surface area contributed by atoms with Gasteiger partial charge in [-0.1, -0.05) is 18.2 Å². The summed E-state index contributed by atoms with van der Waals surface area (Å²) in [7, 11) is 0. The summed E-state index contributed by atoms with van der Waals surface area (Å²) in [6, 6.07) is 7.57. The van der Waals surface area contributed by atoms with Crippen molar-refractivity contribution >= 4 is 11.8 Å². The molecule has 4 heteroatoms. The van der Waals surface area contributed by atoms with Crippen LogP contribution in [0.15, 0.2) is 46.7 Å². The number of carboxylic acid groups (broad SMARTS) is 1. The Morgan fingerprint density at radius 2 is 2.00 bits per heavy atom. The van der Waals surface area contributed by atoms with E-state index in [-0.39, 0.29) is 12.2 Å². The van der Waals surface area contributed by atoms with Crippen LogP contribution in [0.4, 0.5) is 0 Å². The molecule has 2 aliphatic rings. The Morgan fingerprint density at radius 3 is 2.71 bits per heavy atom. The van der Waals surface area contributed by atoms with Crippen LogP contribution in [-0.4, -0.2) is 16.9 Å². The van der Waals surface area contributed by atoms with Crippen LogP contribution >= 0.6 is 0 Å². The Morgan fingerprint density at radius 1 is 1.29 bits per heavy atom. The predicted molar refractivity (Wildman–Crippen MR) is 76.9 cm³/mol. The van der Waals surface area contributed by atoms with Crippen molar-refractivity contribution in [1.82, 2.24) is 0 Å². The van der Waals surface area contributed by atoms with E-state index in [1.54, 1.807) is 13.8 Å². The second kappa shape index (κ2) is 4.88. The van der Waals surface area contributed by atoms with Crippen molar-refractivity contribution in [3.8, 4) is 5.75 Å². The average Bonchev–Trinajstić information content (AvgIpc) is 2.47. The van der Waals surface area contributed by atoms with Gasteiger partial charge in [0, 0.05) is 5.57 Å². The number of carbonyl (C=O) groups is 2. The molecule has 0 saturated carbocycles. The van der Waals surface area contributed by atoms with Gasteiger partial charge in [0.2, 0.25) is 0 Å². The molecule has 0 fully saturated rings. The molecular formula is C17H16O4. The lowest BCUT2D eigenvalue weighted by Crippen LogP contribution is -2.32. The normalized spacial score (nSPS) is 20.9. The fourth-order valence-electron chi connectivity index (χ4n) is 2.99. The third kappa shape index (κ3) is 2.17. The minimum Gasteiger partial charge on any atom is -0.481 e. The van der Waals surface area contributed by atoms with E-state index in [0.29, 0.717) is 29.1 Å². The van der Waals surface area contributed by atoms with Crippen LogP contribution in [0.2, 0.25) is 0 Å². The maximum absolute atomic E-state index is 12.5. The molecule has 1 N–H and O–H groups in total. The SMILES string of the molecule is CC1=C(C)C(CC(=O)O)=C2Oc3ccccc3CC2C1=O. The van der Waals surface area contributed by atoms with Gasteiger partial charge in [-0.25, -0.2) is 0 Å². The smallest absolute Gasteiger partial charge is 0.307 e. The highest BCUT2D eigenvalue weighted by Gasteiger charge is 2.38. The monoisotopic (exact) mass is 284 g/mol. The van der Waals surface area contributed by atoms with E-state index in [2.05, 4.69) is 0 Å². The maximum atomic E-state index is 12.5. The molecule has 0 radical (unpaired) electrons. The number of para-hydroxylation sites is 1. The first-order valence-corrected chi connectivity index (χ1v) is 6.91. The Labute approximate surface area is 122 Å². The molecule has 0 spiro atoms. The Kier molecular flexibility index (Phi) is 3.16. The van der Waals surface area contributed by atoms with Crippen molar-refractivity contribution in [2.75, 3.05) is 0 Å². The van der Waals surface area contributed by atoms with Gasteiger partial charge >= 0.3 is 5.97 Å². The molecule has 1 aliphatic heterocycles. The fraction of sp³-hybridized carbons (Fsp3) is 0.294. The molecule has 1 unspecified atom stereocenters. The lowest BCUT2D eigenvalue weighted by atomic mass is 9.78. The second-order valence-corrected chi connectivity index (χ2v) is 5.49. The number of allylic oxidation sites excluding steroid dienone is 3. The van der Waals surface area contributed by atoms with Crippen molar-refractivity contribution in [1.29, 1.82) is 0 Å². The van der Waals surface area contributed by atoms with Gasteiger partial charge in [-0.3, -0.25) is 9.59 Å². The maximum Gasteiger partial charge on any atom is 0.307 e. The molecule has 1 aromatic rings. The van der Waals surface area contributed by atoms with Gasteiger partial charge in [-0.15, -0.1) is 0 Å². The van der Waals surface area contributed by atoms with Crippen molar-refractivity contribution < 1.29 is 19.4 Å². The summed E-state index contributed by atoms with van der Waals surface area (Å²) in [6.45, 7) is 3.55. The minimum absolute atomic E-state index is 0.0335. The zero-order valence-corrected chi connectivity index (χ0v) is 12.0. The summed E-state index contributed by atoms with van der Waals surface area (Å²) in [5, 5.41) is 9.12. The largest absolute Gasteiger partial charge is 0.481 e. The van der Waals surface area contributed by atoms with Crippen LogP contribution in [-0.2, 0) is 16.0 Å². The van der Waals surface area contributed by atoms with Crippen molar-refractivity contribution in [3.05, 3.63) is 52.3 Å². The molecular weight excluding hydrogens is 268 g/mol. The molecule has 1 atom stereocenters. The van der Waals surface area contributed by atoms with Gasteiger partial charge in [0.1, 0.15) is 11.5 Å². The quantitative estimate of drug-likeness (QED) is 0.907. The number of aliphatic carboxylic acids is 1. The highest BCUT2D eigenvalue weighted by atomic mass is 16.5. The van der Waals surface area contributed by atoms with E-state index < -0.39 is 11.9 Å². The summed E-state index contributed by atoms with van der Waals surface area (Å²) in [6.07, 6.45) is 0.447. The summed E-state index contributed by atoms with van der Waals surface area (Å²) in [5.74, 6) is -0.0414. The summed E-state index contributed by atoms with van der Waals surface area (Å²) in [5.41, 5.74) is 3.00. The first kappa shape index (κ1) is 13.6. The van der Waals surface area contributed by atoms with Crippen LogP contribution < -0.4 is 4.74 Å². The zero-order chi connectivity index (χ0) is 15.1. The van der Waals surface area contributed by atoms with E-state index in [0.717, 1.165) is 11.1 Å². The Hall–Kier alpha value is -2.36. The van der Waals surface area contributed by atoms with Crippen LogP contribution in [0.25, 0.3) is 0 Å². The first-order chi connectivity index (χ1) is 9.99. The molecule has 3 rings (SSSR count). The molecule has 1 heterocycles. The van der Waals surface area contributed by atoms with Crippen LogP contribution in [0.5, 0.6) is 5.75 Å². The number of ketones is 1. The third-order valence-electron chi connectivity index (χ3n) is 4.26. The van der Waals surface area contributed by atoms with E-state index in [9.17, 15) is 9.59 Å². The van der Waals surface area contributed by atoms with E-state index in [1.165, 1.54) is 0 Å². The third-order valence-corrected chi connectivity index (χ3v) is 4.26. The first-order valence-electron chi connectivity index (χ1n) is 6.91. The standard InChI is InChI=1S/C17H16O4/c1-9-10(2)16(20)13-7-11-5-3-4-6-14(11)21-17(13)12(9)8-15(18)19/h3-6,13H,7-8H2,1-2H3,(H,18,19). The van der Waals surface area contributed by atoms with Gasteiger partial charge in [0.05, 0.1) is 12.3 Å². The summed E-state index contributed by atoms with van der Waals surface area (Å²) >= 11 is 0. The number of carbonyl (C=O) groups excluding carboxylic acids is 1. The molecule has 108 valence electrons. The highest BCUT2D eigenvalue weighted by molar-refractivity contribution is 6.02. The molecule has 21 heavy (non-hydrogen) atoms. The number of fused-ring (bicyclic) bond motifs is 2.